The predicted molar refractivity (Wildman–Crippen MR) is 51.7 cm³/mol. The zero-order valence-electron chi connectivity index (χ0n) is 7.09. The van der Waals surface area contributed by atoms with Gasteiger partial charge in [0.1, 0.15) is 0 Å². The zero-order valence-corrected chi connectivity index (χ0v) is 7.84. The quantitative estimate of drug-likeness (QED) is 0.691. The fraction of sp³-hybridized carbons (Fsp3) is 0.300. The number of halogens is 1. The maximum atomic E-state index is 11.1. The zero-order chi connectivity index (χ0) is 9.26. The molecule has 0 radical (unpaired) electrons. The minimum Gasteiger partial charge on any atom is -0.312 e. The van der Waals surface area contributed by atoms with E-state index in [2.05, 4.69) is 5.32 Å². The summed E-state index contributed by atoms with van der Waals surface area (Å²) in [6.45, 7) is 1.48. The first kappa shape index (κ1) is 8.73. The summed E-state index contributed by atoms with van der Waals surface area (Å²) in [6.07, 6.45) is 0. The van der Waals surface area contributed by atoms with E-state index in [9.17, 15) is 4.79 Å². The minimum atomic E-state index is -0.278. The molecule has 2 nitrogen and oxygen atoms in total. The van der Waals surface area contributed by atoms with Gasteiger partial charge in [-0.05, 0) is 22.7 Å². The van der Waals surface area contributed by atoms with Crippen molar-refractivity contribution < 1.29 is 4.79 Å². The van der Waals surface area contributed by atoms with E-state index in [4.69, 9.17) is 11.6 Å². The van der Waals surface area contributed by atoms with Crippen LogP contribution in [0.15, 0.2) is 24.3 Å². The van der Waals surface area contributed by atoms with Gasteiger partial charge in [-0.15, -0.1) is 0 Å². The Labute approximate surface area is 81.9 Å². The molecule has 0 aromatic heterocycles. The Balaban J connectivity index is 2.42. The summed E-state index contributed by atoms with van der Waals surface area (Å²) in [5, 5.41) is 2.89. The molecule has 1 atom stereocenters. The molecule has 0 saturated carbocycles. The second-order valence-corrected chi connectivity index (χ2v) is 3.56. The van der Waals surface area contributed by atoms with Gasteiger partial charge in [-0.1, -0.05) is 24.3 Å². The monoisotopic (exact) mass is 195 g/mol. The molecular formula is C10H10ClNO. The lowest BCUT2D eigenvalue weighted by atomic mass is 9.92. The number of benzene rings is 1. The minimum absolute atomic E-state index is 0.174. The molecule has 0 bridgehead atoms. The molecule has 0 amide bonds. The van der Waals surface area contributed by atoms with E-state index in [0.717, 1.165) is 12.1 Å². The number of nitrogens with one attached hydrogen (secondary N) is 1. The molecule has 1 aliphatic rings. The molecule has 1 aromatic carbocycles. The smallest absolute Gasteiger partial charge is 0.230 e. The summed E-state index contributed by atoms with van der Waals surface area (Å²) in [7, 11) is 0. The predicted octanol–water partition coefficient (Wildman–Crippen LogP) is 1.64. The average molecular weight is 196 g/mol. The summed E-state index contributed by atoms with van der Waals surface area (Å²) >= 11 is 5.51. The number of hydrogen-bond donors (Lipinski definition) is 1. The Bertz CT molecular complexity index is 337. The van der Waals surface area contributed by atoms with Gasteiger partial charge >= 0.3 is 0 Å². The number of fused-ring (bicyclic) bond motifs is 1. The lowest BCUT2D eigenvalue weighted by molar-refractivity contribution is -0.113. The van der Waals surface area contributed by atoms with E-state index in [1.807, 2.05) is 24.3 Å². The van der Waals surface area contributed by atoms with Gasteiger partial charge in [-0.2, -0.15) is 0 Å². The van der Waals surface area contributed by atoms with Crippen molar-refractivity contribution in [3.63, 3.8) is 0 Å². The second kappa shape index (κ2) is 3.48. The van der Waals surface area contributed by atoms with Crippen LogP contribution in [0.4, 0.5) is 0 Å². The SMILES string of the molecule is O=C(Cl)C1CNCc2ccccc21. The van der Waals surface area contributed by atoms with Crippen molar-refractivity contribution in [3.8, 4) is 0 Å². The molecule has 13 heavy (non-hydrogen) atoms. The fourth-order valence-corrected chi connectivity index (χ4v) is 1.89. The lowest BCUT2D eigenvalue weighted by Gasteiger charge is -2.23. The molecule has 1 aliphatic heterocycles. The van der Waals surface area contributed by atoms with Gasteiger partial charge in [0.25, 0.3) is 0 Å². The van der Waals surface area contributed by atoms with Crippen molar-refractivity contribution in [3.05, 3.63) is 35.4 Å². The molecule has 1 N–H and O–H groups in total. The highest BCUT2D eigenvalue weighted by molar-refractivity contribution is 6.64. The van der Waals surface area contributed by atoms with Crippen LogP contribution in [0.25, 0.3) is 0 Å². The normalized spacial score (nSPS) is 20.8. The fourth-order valence-electron chi connectivity index (χ4n) is 1.70. The third kappa shape index (κ3) is 1.60. The van der Waals surface area contributed by atoms with Gasteiger partial charge in [-0.25, -0.2) is 0 Å². The molecule has 3 heteroatoms. The van der Waals surface area contributed by atoms with Crippen LogP contribution >= 0.6 is 11.6 Å². The standard InChI is InChI=1S/C10H10ClNO/c11-10(13)9-6-12-5-7-3-1-2-4-8(7)9/h1-4,9,12H,5-6H2. The molecule has 1 heterocycles. The van der Waals surface area contributed by atoms with Crippen LogP contribution in [0.2, 0.25) is 0 Å². The summed E-state index contributed by atoms with van der Waals surface area (Å²) < 4.78 is 0. The summed E-state index contributed by atoms with van der Waals surface area (Å²) in [5.41, 5.74) is 2.24. The van der Waals surface area contributed by atoms with Crippen LogP contribution in [-0.2, 0) is 11.3 Å². The topological polar surface area (TPSA) is 29.1 Å². The molecule has 0 spiro atoms. The summed E-state index contributed by atoms with van der Waals surface area (Å²) in [5.74, 6) is -0.174. The third-order valence-electron chi connectivity index (χ3n) is 2.37. The Morgan fingerprint density at radius 2 is 2.23 bits per heavy atom. The molecule has 68 valence electrons. The average Bonchev–Trinajstić information content (AvgIpc) is 2.17. The Kier molecular flexibility index (Phi) is 2.34. The number of carbonyl (C=O) groups excluding carboxylic acids is 1. The van der Waals surface area contributed by atoms with Gasteiger partial charge in [0.05, 0.1) is 5.92 Å². The number of rotatable bonds is 1. The third-order valence-corrected chi connectivity index (χ3v) is 2.63. The van der Waals surface area contributed by atoms with Gasteiger partial charge < -0.3 is 5.32 Å². The molecule has 1 unspecified atom stereocenters. The highest BCUT2D eigenvalue weighted by atomic mass is 35.5. The van der Waals surface area contributed by atoms with Crippen molar-refractivity contribution in [2.24, 2.45) is 0 Å². The van der Waals surface area contributed by atoms with Crippen molar-refractivity contribution in [1.82, 2.24) is 5.32 Å². The van der Waals surface area contributed by atoms with E-state index in [0.29, 0.717) is 6.54 Å². The van der Waals surface area contributed by atoms with Crippen molar-refractivity contribution in [2.75, 3.05) is 6.54 Å². The summed E-state index contributed by atoms with van der Waals surface area (Å²) in [6, 6.07) is 7.91. The van der Waals surface area contributed by atoms with Gasteiger partial charge in [0.15, 0.2) is 0 Å². The molecule has 1 aromatic rings. The maximum Gasteiger partial charge on any atom is 0.230 e. The second-order valence-electron chi connectivity index (χ2n) is 3.19. The summed E-state index contributed by atoms with van der Waals surface area (Å²) in [4.78, 5) is 11.1. The first-order chi connectivity index (χ1) is 6.29. The van der Waals surface area contributed by atoms with E-state index < -0.39 is 0 Å². The highest BCUT2D eigenvalue weighted by Gasteiger charge is 2.24. The van der Waals surface area contributed by atoms with E-state index >= 15 is 0 Å². The highest BCUT2D eigenvalue weighted by Crippen LogP contribution is 2.25. The Morgan fingerprint density at radius 3 is 3.00 bits per heavy atom. The van der Waals surface area contributed by atoms with Crippen LogP contribution in [0.1, 0.15) is 17.0 Å². The van der Waals surface area contributed by atoms with Crippen molar-refractivity contribution in [1.29, 1.82) is 0 Å². The van der Waals surface area contributed by atoms with E-state index in [-0.39, 0.29) is 11.2 Å². The first-order valence-corrected chi connectivity index (χ1v) is 4.64. The Hall–Kier alpha value is -0.860. The van der Waals surface area contributed by atoms with Crippen molar-refractivity contribution in [2.45, 2.75) is 12.5 Å². The molecular weight excluding hydrogens is 186 g/mol. The van der Waals surface area contributed by atoms with Crippen LogP contribution in [-0.4, -0.2) is 11.8 Å². The first-order valence-electron chi connectivity index (χ1n) is 4.27. The maximum absolute atomic E-state index is 11.1. The van der Waals surface area contributed by atoms with E-state index in [1.54, 1.807) is 0 Å². The van der Waals surface area contributed by atoms with Crippen molar-refractivity contribution >= 4 is 16.8 Å². The largest absolute Gasteiger partial charge is 0.312 e. The molecule has 0 saturated heterocycles. The van der Waals surface area contributed by atoms with E-state index in [1.165, 1.54) is 5.56 Å². The van der Waals surface area contributed by atoms with Crippen LogP contribution < -0.4 is 5.32 Å². The number of hydrogen-bond acceptors (Lipinski definition) is 2. The van der Waals surface area contributed by atoms with Gasteiger partial charge in [0.2, 0.25) is 5.24 Å². The van der Waals surface area contributed by atoms with Crippen LogP contribution in [0, 0.1) is 0 Å². The van der Waals surface area contributed by atoms with Gasteiger partial charge in [-0.3, -0.25) is 4.79 Å². The molecule has 0 fully saturated rings. The molecule has 0 aliphatic carbocycles. The lowest BCUT2D eigenvalue weighted by Crippen LogP contribution is -2.30. The molecule has 2 rings (SSSR count). The van der Waals surface area contributed by atoms with Crippen LogP contribution in [0.3, 0.4) is 0 Å². The Morgan fingerprint density at radius 1 is 1.46 bits per heavy atom. The number of carbonyl (C=O) groups is 1. The van der Waals surface area contributed by atoms with Gasteiger partial charge in [0, 0.05) is 13.1 Å². The van der Waals surface area contributed by atoms with Crippen LogP contribution in [0.5, 0.6) is 0 Å².